The van der Waals surface area contributed by atoms with Gasteiger partial charge in [-0.15, -0.1) is 0 Å². The zero-order chi connectivity index (χ0) is 45.6. The first kappa shape index (κ1) is 58.5. The second kappa shape index (κ2) is 44.1. The van der Waals surface area contributed by atoms with E-state index in [0.29, 0.717) is 17.4 Å². The number of carboxylic acid groups (broad SMARTS) is 1. The molecular weight excluding hydrogens is 779 g/mol. The number of carbonyl (C=O) groups excluding carboxylic acids is 2. The number of nitrogens with zero attached hydrogens (tertiary/aromatic N) is 1. The van der Waals surface area contributed by atoms with Gasteiger partial charge in [-0.25, -0.2) is 4.79 Å². The maximum atomic E-state index is 12.8. The molecule has 0 saturated heterocycles. The molecule has 0 spiro atoms. The Labute approximate surface area is 379 Å². The van der Waals surface area contributed by atoms with Crippen LogP contribution >= 0.6 is 0 Å². The van der Waals surface area contributed by atoms with E-state index in [2.05, 4.69) is 98.9 Å². The summed E-state index contributed by atoms with van der Waals surface area (Å²) in [5, 5.41) is 9.66. The Morgan fingerprint density at radius 3 is 1.39 bits per heavy atom. The Balaban J connectivity index is 4.49. The summed E-state index contributed by atoms with van der Waals surface area (Å²) < 4.78 is 22.7. The van der Waals surface area contributed by atoms with Crippen LogP contribution in [0.1, 0.15) is 174 Å². The summed E-state index contributed by atoms with van der Waals surface area (Å²) in [6.45, 7) is 4.67. The van der Waals surface area contributed by atoms with E-state index in [9.17, 15) is 19.5 Å². The Kier molecular flexibility index (Phi) is 41.6. The van der Waals surface area contributed by atoms with Crippen LogP contribution < -0.4 is 0 Å². The standard InChI is InChI=1S/C53H89NO8/c1-6-8-10-12-14-16-18-20-22-24-26-28-30-32-34-36-38-40-42-44-51(56)62-49(48-61-53(52(57)58)59-46-45-54(3,4)5)47-60-50(55)43-41-39-37-35-33-31-29-27-25-23-21-19-17-15-13-11-9-7-2/h8,10,14,16-17,19-20,22-23,25-26,28,32,34,49,53H,6-7,9,11-13,15,18,21,24,27,29-31,33,35-48H2,1-5H3/p+1/b10-8-,16-14-,19-17-,22-20-,25-23-,28-26-,34-32-. The lowest BCUT2D eigenvalue weighted by atomic mass is 10.1. The van der Waals surface area contributed by atoms with E-state index in [1.165, 1.54) is 51.4 Å². The summed E-state index contributed by atoms with van der Waals surface area (Å²) in [4.78, 5) is 37.2. The van der Waals surface area contributed by atoms with E-state index in [-0.39, 0.29) is 38.6 Å². The number of likely N-dealkylation sites (N-methyl/N-ethyl adjacent to an activating group) is 1. The molecule has 0 radical (unpaired) electrons. The van der Waals surface area contributed by atoms with E-state index in [0.717, 1.165) is 89.9 Å². The van der Waals surface area contributed by atoms with E-state index in [4.69, 9.17) is 18.9 Å². The molecule has 0 fully saturated rings. The number of unbranched alkanes of at least 4 members (excludes halogenated alkanes) is 14. The molecule has 0 bridgehead atoms. The van der Waals surface area contributed by atoms with Crippen LogP contribution in [0.15, 0.2) is 85.1 Å². The second-order valence-electron chi connectivity index (χ2n) is 17.0. The Bertz CT molecular complexity index is 1290. The number of carboxylic acids is 1. The lowest BCUT2D eigenvalue weighted by Gasteiger charge is -2.25. The molecule has 0 saturated carbocycles. The van der Waals surface area contributed by atoms with Gasteiger partial charge >= 0.3 is 17.9 Å². The van der Waals surface area contributed by atoms with Gasteiger partial charge in [0, 0.05) is 12.8 Å². The van der Waals surface area contributed by atoms with Gasteiger partial charge in [-0.3, -0.25) is 9.59 Å². The average molecular weight is 869 g/mol. The monoisotopic (exact) mass is 869 g/mol. The fourth-order valence-corrected chi connectivity index (χ4v) is 6.13. The van der Waals surface area contributed by atoms with Crippen molar-refractivity contribution in [2.75, 3.05) is 47.5 Å². The highest BCUT2D eigenvalue weighted by Gasteiger charge is 2.25. The molecule has 9 nitrogen and oxygen atoms in total. The van der Waals surface area contributed by atoms with Crippen LogP contribution in [-0.4, -0.2) is 87.4 Å². The highest BCUT2D eigenvalue weighted by molar-refractivity contribution is 5.71. The maximum absolute atomic E-state index is 12.8. The first-order valence-corrected chi connectivity index (χ1v) is 24.3. The van der Waals surface area contributed by atoms with Crippen LogP contribution in [0.5, 0.6) is 0 Å². The number of ether oxygens (including phenoxy) is 4. The van der Waals surface area contributed by atoms with Crippen molar-refractivity contribution in [3.8, 4) is 0 Å². The van der Waals surface area contributed by atoms with Crippen LogP contribution in [-0.2, 0) is 33.3 Å². The van der Waals surface area contributed by atoms with Gasteiger partial charge in [0.2, 0.25) is 0 Å². The Morgan fingerprint density at radius 2 is 0.919 bits per heavy atom. The number of rotatable bonds is 43. The lowest BCUT2D eigenvalue weighted by molar-refractivity contribution is -0.870. The normalized spacial score (nSPS) is 13.6. The zero-order valence-corrected chi connectivity index (χ0v) is 40.0. The van der Waals surface area contributed by atoms with Gasteiger partial charge in [0.05, 0.1) is 34.4 Å². The minimum Gasteiger partial charge on any atom is -0.477 e. The third kappa shape index (κ3) is 44.5. The molecule has 0 aliphatic carbocycles. The molecule has 62 heavy (non-hydrogen) atoms. The number of aliphatic carboxylic acids is 1. The molecular formula is C53H90NO8+. The summed E-state index contributed by atoms with van der Waals surface area (Å²) in [6, 6.07) is 0. The first-order chi connectivity index (χ1) is 30.1. The predicted octanol–water partition coefficient (Wildman–Crippen LogP) is 13.3. The van der Waals surface area contributed by atoms with Crippen LogP contribution in [0.2, 0.25) is 0 Å². The molecule has 2 unspecified atom stereocenters. The molecule has 9 heteroatoms. The van der Waals surface area contributed by atoms with Gasteiger partial charge in [-0.2, -0.15) is 0 Å². The Morgan fingerprint density at radius 1 is 0.500 bits per heavy atom. The van der Waals surface area contributed by atoms with Crippen molar-refractivity contribution < 1.29 is 42.9 Å². The largest absolute Gasteiger partial charge is 0.477 e. The van der Waals surface area contributed by atoms with Gasteiger partial charge < -0.3 is 28.5 Å². The minimum absolute atomic E-state index is 0.175. The second-order valence-corrected chi connectivity index (χ2v) is 17.0. The predicted molar refractivity (Wildman–Crippen MR) is 258 cm³/mol. The molecule has 0 rings (SSSR count). The molecule has 354 valence electrons. The van der Waals surface area contributed by atoms with Crippen molar-refractivity contribution in [3.05, 3.63) is 85.1 Å². The first-order valence-electron chi connectivity index (χ1n) is 24.3. The average Bonchev–Trinajstić information content (AvgIpc) is 3.23. The highest BCUT2D eigenvalue weighted by atomic mass is 16.7. The van der Waals surface area contributed by atoms with Gasteiger partial charge in [-0.1, -0.05) is 157 Å². The number of allylic oxidation sites excluding steroid dienone is 14. The fraction of sp³-hybridized carbons (Fsp3) is 0.679. The van der Waals surface area contributed by atoms with E-state index in [1.807, 2.05) is 21.1 Å². The summed E-state index contributed by atoms with van der Waals surface area (Å²) in [7, 11) is 5.94. The van der Waals surface area contributed by atoms with Gasteiger partial charge in [0.25, 0.3) is 6.29 Å². The third-order valence-corrected chi connectivity index (χ3v) is 9.89. The quantitative estimate of drug-likeness (QED) is 0.0212. The summed E-state index contributed by atoms with van der Waals surface area (Å²) >= 11 is 0. The Hall–Kier alpha value is -3.53. The van der Waals surface area contributed by atoms with Gasteiger partial charge in [0.15, 0.2) is 6.10 Å². The molecule has 2 atom stereocenters. The smallest absolute Gasteiger partial charge is 0.361 e. The summed E-state index contributed by atoms with van der Waals surface area (Å²) in [6.07, 6.45) is 53.5. The molecule has 0 heterocycles. The number of quaternary nitrogens is 1. The number of hydrogen-bond acceptors (Lipinski definition) is 7. The molecule has 0 amide bonds. The van der Waals surface area contributed by atoms with Crippen molar-refractivity contribution >= 4 is 17.9 Å². The number of hydrogen-bond donors (Lipinski definition) is 1. The lowest BCUT2D eigenvalue weighted by Crippen LogP contribution is -2.40. The maximum Gasteiger partial charge on any atom is 0.361 e. The molecule has 0 aliphatic rings. The van der Waals surface area contributed by atoms with Gasteiger partial charge in [0.1, 0.15) is 13.2 Å². The molecule has 0 aromatic rings. The van der Waals surface area contributed by atoms with Crippen molar-refractivity contribution in [2.45, 2.75) is 187 Å². The molecule has 0 aromatic heterocycles. The van der Waals surface area contributed by atoms with Crippen molar-refractivity contribution in [1.29, 1.82) is 0 Å². The zero-order valence-electron chi connectivity index (χ0n) is 40.0. The summed E-state index contributed by atoms with van der Waals surface area (Å²) in [5.41, 5.74) is 0. The highest BCUT2D eigenvalue weighted by Crippen LogP contribution is 2.13. The third-order valence-electron chi connectivity index (χ3n) is 9.89. The van der Waals surface area contributed by atoms with Crippen molar-refractivity contribution in [3.63, 3.8) is 0 Å². The molecule has 1 N–H and O–H groups in total. The van der Waals surface area contributed by atoms with E-state index in [1.54, 1.807) is 0 Å². The van der Waals surface area contributed by atoms with Crippen LogP contribution in [0.3, 0.4) is 0 Å². The van der Waals surface area contributed by atoms with E-state index < -0.39 is 24.3 Å². The van der Waals surface area contributed by atoms with Gasteiger partial charge in [-0.05, 0) is 89.9 Å². The molecule has 0 aromatic carbocycles. The number of esters is 2. The van der Waals surface area contributed by atoms with Crippen molar-refractivity contribution in [2.24, 2.45) is 0 Å². The summed E-state index contributed by atoms with van der Waals surface area (Å²) in [5.74, 6) is -2.07. The SMILES string of the molecule is CC/C=C\C/C=C\C/C=C\C/C=C\C/C=C\CCCCCC(=O)OC(COC(=O)CCCCCCCCC/C=C\C/C=C\CCCCCC)COC(OCC[N+](C)(C)C)C(=O)O. The van der Waals surface area contributed by atoms with Crippen LogP contribution in [0.25, 0.3) is 0 Å². The number of carbonyl (C=O) groups is 3. The van der Waals surface area contributed by atoms with Crippen molar-refractivity contribution in [1.82, 2.24) is 0 Å². The fourth-order valence-electron chi connectivity index (χ4n) is 6.13. The minimum atomic E-state index is -1.52. The molecule has 0 aliphatic heterocycles. The topological polar surface area (TPSA) is 108 Å². The van der Waals surface area contributed by atoms with Crippen LogP contribution in [0, 0.1) is 0 Å². The van der Waals surface area contributed by atoms with Crippen LogP contribution in [0.4, 0.5) is 0 Å². The van der Waals surface area contributed by atoms with E-state index >= 15 is 0 Å².